The maximum atomic E-state index is 12.9. The maximum Gasteiger partial charge on any atom is 0.243 e. The minimum Gasteiger partial charge on any atom is -0.309 e. The lowest BCUT2D eigenvalue weighted by Crippen LogP contribution is -2.26. The van der Waals surface area contributed by atoms with Crippen molar-refractivity contribution in [2.24, 2.45) is 0 Å². The molecular weight excluding hydrogens is 376 g/mol. The first-order valence-electron chi connectivity index (χ1n) is 8.90. The second-order valence-electron chi connectivity index (χ2n) is 6.83. The Morgan fingerprint density at radius 2 is 1.82 bits per heavy atom. The molecule has 2 aromatic carbocycles. The number of aromatic amines is 1. The SMILES string of the molecule is Cc1ccc(S(=O)(=O)N2Cc3[nH]nc(NC(=O)Cc4ccccc4)c3C2)cc1. The molecule has 0 saturated heterocycles. The second kappa shape index (κ2) is 7.21. The first-order valence-corrected chi connectivity index (χ1v) is 10.3. The molecule has 7 nitrogen and oxygen atoms in total. The summed E-state index contributed by atoms with van der Waals surface area (Å²) in [7, 11) is -3.61. The molecule has 0 atom stereocenters. The Morgan fingerprint density at radius 1 is 1.11 bits per heavy atom. The Labute approximate surface area is 163 Å². The van der Waals surface area contributed by atoms with Crippen LogP contribution in [-0.4, -0.2) is 28.8 Å². The predicted octanol–water partition coefficient (Wildman–Crippen LogP) is 2.60. The summed E-state index contributed by atoms with van der Waals surface area (Å²) in [6.07, 6.45) is 0.230. The Kier molecular flexibility index (Phi) is 4.74. The average Bonchev–Trinajstić information content (AvgIpc) is 3.25. The molecule has 0 fully saturated rings. The van der Waals surface area contributed by atoms with Crippen LogP contribution in [0, 0.1) is 6.92 Å². The number of aryl methyl sites for hydroxylation is 1. The lowest BCUT2D eigenvalue weighted by atomic mass is 10.1. The number of carbonyl (C=O) groups excluding carboxylic acids is 1. The van der Waals surface area contributed by atoms with E-state index in [1.165, 1.54) is 4.31 Å². The van der Waals surface area contributed by atoms with Gasteiger partial charge in [0.2, 0.25) is 15.9 Å². The van der Waals surface area contributed by atoms with Crippen LogP contribution in [0.1, 0.15) is 22.4 Å². The third-order valence-electron chi connectivity index (χ3n) is 4.75. The molecule has 1 aliphatic heterocycles. The van der Waals surface area contributed by atoms with Crippen LogP contribution in [0.3, 0.4) is 0 Å². The summed E-state index contributed by atoms with van der Waals surface area (Å²) in [4.78, 5) is 12.6. The molecule has 1 aliphatic rings. The van der Waals surface area contributed by atoms with Gasteiger partial charge in [0.25, 0.3) is 0 Å². The number of hydrogen-bond donors (Lipinski definition) is 2. The number of sulfonamides is 1. The number of aromatic nitrogens is 2. The Balaban J connectivity index is 1.48. The van der Waals surface area contributed by atoms with Crippen molar-refractivity contribution in [2.45, 2.75) is 31.3 Å². The van der Waals surface area contributed by atoms with E-state index in [0.29, 0.717) is 17.1 Å². The highest BCUT2D eigenvalue weighted by Crippen LogP contribution is 2.31. The molecule has 0 unspecified atom stereocenters. The van der Waals surface area contributed by atoms with Crippen LogP contribution in [-0.2, 0) is 34.3 Å². The van der Waals surface area contributed by atoms with Gasteiger partial charge in [0, 0.05) is 12.1 Å². The summed E-state index contributed by atoms with van der Waals surface area (Å²) in [6.45, 7) is 2.28. The van der Waals surface area contributed by atoms with Crippen molar-refractivity contribution >= 4 is 21.7 Å². The van der Waals surface area contributed by atoms with Gasteiger partial charge in [0.15, 0.2) is 5.82 Å². The van der Waals surface area contributed by atoms with Crippen molar-refractivity contribution < 1.29 is 13.2 Å². The highest BCUT2D eigenvalue weighted by atomic mass is 32.2. The largest absolute Gasteiger partial charge is 0.309 e. The number of rotatable bonds is 5. The highest BCUT2D eigenvalue weighted by Gasteiger charge is 2.34. The zero-order valence-electron chi connectivity index (χ0n) is 15.3. The monoisotopic (exact) mass is 396 g/mol. The molecule has 28 heavy (non-hydrogen) atoms. The summed E-state index contributed by atoms with van der Waals surface area (Å²) < 4.78 is 27.2. The molecule has 2 heterocycles. The van der Waals surface area contributed by atoms with Crippen LogP contribution in [0.5, 0.6) is 0 Å². The number of benzene rings is 2. The third kappa shape index (κ3) is 3.56. The summed E-state index contributed by atoms with van der Waals surface area (Å²) in [5, 5.41) is 9.78. The maximum absolute atomic E-state index is 12.9. The topological polar surface area (TPSA) is 95.2 Å². The van der Waals surface area contributed by atoms with E-state index in [1.807, 2.05) is 37.3 Å². The summed E-state index contributed by atoms with van der Waals surface area (Å²) >= 11 is 0. The van der Waals surface area contributed by atoms with E-state index >= 15 is 0 Å². The molecule has 0 aliphatic carbocycles. The smallest absolute Gasteiger partial charge is 0.243 e. The summed E-state index contributed by atoms with van der Waals surface area (Å²) in [6, 6.07) is 16.2. The number of carbonyl (C=O) groups is 1. The molecule has 1 amide bonds. The minimum atomic E-state index is -3.61. The van der Waals surface area contributed by atoms with E-state index in [4.69, 9.17) is 0 Å². The van der Waals surface area contributed by atoms with Gasteiger partial charge in [-0.3, -0.25) is 9.89 Å². The van der Waals surface area contributed by atoms with Crippen molar-refractivity contribution in [3.8, 4) is 0 Å². The van der Waals surface area contributed by atoms with E-state index in [2.05, 4.69) is 15.5 Å². The lowest BCUT2D eigenvalue weighted by Gasteiger charge is -2.16. The fourth-order valence-electron chi connectivity index (χ4n) is 3.20. The van der Waals surface area contributed by atoms with Crippen LogP contribution in [0.15, 0.2) is 59.5 Å². The number of anilines is 1. The zero-order valence-corrected chi connectivity index (χ0v) is 16.2. The summed E-state index contributed by atoms with van der Waals surface area (Å²) in [5.41, 5.74) is 3.30. The van der Waals surface area contributed by atoms with Crippen molar-refractivity contribution in [3.63, 3.8) is 0 Å². The normalized spacial score (nSPS) is 14.0. The molecule has 144 valence electrons. The molecule has 0 bridgehead atoms. The van der Waals surface area contributed by atoms with Gasteiger partial charge in [-0.25, -0.2) is 8.42 Å². The zero-order chi connectivity index (χ0) is 19.7. The number of hydrogen-bond acceptors (Lipinski definition) is 4. The predicted molar refractivity (Wildman–Crippen MR) is 105 cm³/mol. The van der Waals surface area contributed by atoms with Gasteiger partial charge in [0.1, 0.15) is 0 Å². The highest BCUT2D eigenvalue weighted by molar-refractivity contribution is 7.89. The number of H-pyrrole nitrogens is 1. The Morgan fingerprint density at radius 3 is 2.54 bits per heavy atom. The van der Waals surface area contributed by atoms with E-state index in [9.17, 15) is 13.2 Å². The number of nitrogens with zero attached hydrogens (tertiary/aromatic N) is 2. The van der Waals surface area contributed by atoms with Gasteiger partial charge in [-0.05, 0) is 24.6 Å². The van der Waals surface area contributed by atoms with Gasteiger partial charge in [0.05, 0.1) is 23.6 Å². The average molecular weight is 396 g/mol. The van der Waals surface area contributed by atoms with E-state index in [0.717, 1.165) is 11.1 Å². The fourth-order valence-corrected chi connectivity index (χ4v) is 4.58. The van der Waals surface area contributed by atoms with E-state index in [-0.39, 0.29) is 30.3 Å². The van der Waals surface area contributed by atoms with Crippen LogP contribution >= 0.6 is 0 Å². The second-order valence-corrected chi connectivity index (χ2v) is 8.76. The first kappa shape index (κ1) is 18.4. The Bertz CT molecular complexity index is 1110. The first-order chi connectivity index (χ1) is 13.4. The van der Waals surface area contributed by atoms with Gasteiger partial charge in [-0.15, -0.1) is 0 Å². The van der Waals surface area contributed by atoms with E-state index < -0.39 is 10.0 Å². The minimum absolute atomic E-state index is 0.170. The molecule has 1 aromatic heterocycles. The van der Waals surface area contributed by atoms with Crippen molar-refractivity contribution in [2.75, 3.05) is 5.32 Å². The van der Waals surface area contributed by atoms with Crippen LogP contribution in [0.25, 0.3) is 0 Å². The standard InChI is InChI=1S/C20H20N4O3S/c1-14-7-9-16(10-8-14)28(26,27)24-12-17-18(13-24)22-23-20(17)21-19(25)11-15-5-3-2-4-6-15/h2-10H,11-13H2,1H3,(H2,21,22,23,25). The van der Waals surface area contributed by atoms with Gasteiger partial charge >= 0.3 is 0 Å². The van der Waals surface area contributed by atoms with Crippen LogP contribution in [0.2, 0.25) is 0 Å². The quantitative estimate of drug-likeness (QED) is 0.693. The molecule has 0 saturated carbocycles. The third-order valence-corrected chi connectivity index (χ3v) is 6.55. The van der Waals surface area contributed by atoms with Gasteiger partial charge in [-0.1, -0.05) is 48.0 Å². The van der Waals surface area contributed by atoms with Crippen molar-refractivity contribution in [1.82, 2.24) is 14.5 Å². The lowest BCUT2D eigenvalue weighted by molar-refractivity contribution is -0.115. The molecule has 0 radical (unpaired) electrons. The van der Waals surface area contributed by atoms with E-state index in [1.54, 1.807) is 24.3 Å². The molecule has 3 aromatic rings. The van der Waals surface area contributed by atoms with Gasteiger partial charge in [-0.2, -0.15) is 9.40 Å². The Hall–Kier alpha value is -2.97. The molecule has 4 rings (SSSR count). The van der Waals surface area contributed by atoms with Crippen LogP contribution in [0.4, 0.5) is 5.82 Å². The number of nitrogens with one attached hydrogen (secondary N) is 2. The van der Waals surface area contributed by atoms with Crippen LogP contribution < -0.4 is 5.32 Å². The fraction of sp³-hybridized carbons (Fsp3) is 0.200. The number of amides is 1. The number of fused-ring (bicyclic) bond motifs is 1. The van der Waals surface area contributed by atoms with Crippen molar-refractivity contribution in [1.29, 1.82) is 0 Å². The molecule has 2 N–H and O–H groups in total. The molecule has 8 heteroatoms. The summed E-state index contributed by atoms with van der Waals surface area (Å²) in [5.74, 6) is 0.192. The van der Waals surface area contributed by atoms with Gasteiger partial charge < -0.3 is 5.32 Å². The van der Waals surface area contributed by atoms with Crippen molar-refractivity contribution in [3.05, 3.63) is 77.0 Å². The molecular formula is C20H20N4O3S. The molecule has 0 spiro atoms.